The standard InChI is InChI=1S/C23H25N5O2/c1-15-7-8-21(16(2)10-15)28-17(3)11-20(18(28)4)14-26-27-23(30)22(29)25-13-19-6-5-9-24-12-19/h5-12,14H,13H2,1-4H3,(H,25,29)(H,27,30)/b26-14-. The second-order valence-electron chi connectivity index (χ2n) is 7.19. The maximum atomic E-state index is 12.0. The lowest BCUT2D eigenvalue weighted by Crippen LogP contribution is -2.37. The Bertz CT molecular complexity index is 1100. The SMILES string of the molecule is Cc1ccc(-n2c(C)cc(/C=N\NC(=O)C(=O)NCc3cccnc3)c2C)c(C)c1. The molecule has 0 aliphatic rings. The van der Waals surface area contributed by atoms with Crippen molar-refractivity contribution in [1.29, 1.82) is 0 Å². The quantitative estimate of drug-likeness (QED) is 0.390. The third-order valence-electron chi connectivity index (χ3n) is 4.82. The monoisotopic (exact) mass is 403 g/mol. The van der Waals surface area contributed by atoms with E-state index in [1.807, 2.05) is 26.0 Å². The molecule has 2 N–H and O–H groups in total. The summed E-state index contributed by atoms with van der Waals surface area (Å²) in [5, 5.41) is 6.49. The van der Waals surface area contributed by atoms with E-state index in [9.17, 15) is 9.59 Å². The Balaban J connectivity index is 1.65. The number of rotatable bonds is 5. The largest absolute Gasteiger partial charge is 0.344 e. The van der Waals surface area contributed by atoms with Crippen LogP contribution >= 0.6 is 0 Å². The summed E-state index contributed by atoms with van der Waals surface area (Å²) in [6.45, 7) is 8.39. The summed E-state index contributed by atoms with van der Waals surface area (Å²) >= 11 is 0. The molecule has 3 rings (SSSR count). The van der Waals surface area contributed by atoms with Crippen LogP contribution in [0.15, 0.2) is 53.9 Å². The number of hydrogen-bond acceptors (Lipinski definition) is 4. The summed E-state index contributed by atoms with van der Waals surface area (Å²) in [4.78, 5) is 27.8. The fourth-order valence-corrected chi connectivity index (χ4v) is 3.32. The molecule has 0 atom stereocenters. The highest BCUT2D eigenvalue weighted by Crippen LogP contribution is 2.23. The Labute approximate surface area is 175 Å². The van der Waals surface area contributed by atoms with Gasteiger partial charge in [0, 0.05) is 41.6 Å². The van der Waals surface area contributed by atoms with Crippen molar-refractivity contribution in [2.75, 3.05) is 0 Å². The first kappa shape index (κ1) is 21.0. The summed E-state index contributed by atoms with van der Waals surface area (Å²) in [5.41, 5.74) is 9.50. The van der Waals surface area contributed by atoms with E-state index in [-0.39, 0.29) is 6.54 Å². The number of pyridine rings is 1. The van der Waals surface area contributed by atoms with Crippen molar-refractivity contribution in [1.82, 2.24) is 20.3 Å². The van der Waals surface area contributed by atoms with Crippen LogP contribution in [0.4, 0.5) is 0 Å². The van der Waals surface area contributed by atoms with Gasteiger partial charge in [0.2, 0.25) is 0 Å². The number of nitrogens with one attached hydrogen (secondary N) is 2. The van der Waals surface area contributed by atoms with Gasteiger partial charge >= 0.3 is 11.8 Å². The van der Waals surface area contributed by atoms with Gasteiger partial charge in [-0.15, -0.1) is 0 Å². The molecule has 2 heterocycles. The van der Waals surface area contributed by atoms with Crippen molar-refractivity contribution in [3.8, 4) is 5.69 Å². The van der Waals surface area contributed by atoms with Gasteiger partial charge in [-0.05, 0) is 57.0 Å². The molecule has 0 fully saturated rings. The van der Waals surface area contributed by atoms with Crippen molar-refractivity contribution in [3.63, 3.8) is 0 Å². The second kappa shape index (κ2) is 9.17. The smallest absolute Gasteiger partial charge is 0.329 e. The predicted molar refractivity (Wildman–Crippen MR) is 117 cm³/mol. The van der Waals surface area contributed by atoms with Gasteiger partial charge in [-0.3, -0.25) is 14.6 Å². The lowest BCUT2D eigenvalue weighted by molar-refractivity contribution is -0.139. The molecule has 30 heavy (non-hydrogen) atoms. The minimum absolute atomic E-state index is 0.223. The molecule has 2 amide bonds. The van der Waals surface area contributed by atoms with Crippen LogP contribution in [0.1, 0.15) is 33.6 Å². The first-order chi connectivity index (χ1) is 14.4. The van der Waals surface area contributed by atoms with E-state index in [0.29, 0.717) is 0 Å². The Morgan fingerprint density at radius 1 is 1.10 bits per heavy atom. The van der Waals surface area contributed by atoms with E-state index in [1.165, 1.54) is 11.1 Å². The minimum atomic E-state index is -0.821. The first-order valence-corrected chi connectivity index (χ1v) is 9.63. The van der Waals surface area contributed by atoms with Gasteiger partial charge in [-0.1, -0.05) is 23.8 Å². The summed E-state index contributed by atoms with van der Waals surface area (Å²) in [7, 11) is 0. The number of carbonyl (C=O) groups is 2. The zero-order valence-electron chi connectivity index (χ0n) is 17.6. The van der Waals surface area contributed by atoms with Crippen LogP contribution < -0.4 is 10.7 Å². The predicted octanol–water partition coefficient (Wildman–Crippen LogP) is 2.87. The maximum absolute atomic E-state index is 12.0. The molecule has 0 radical (unpaired) electrons. The first-order valence-electron chi connectivity index (χ1n) is 9.63. The summed E-state index contributed by atoms with van der Waals surface area (Å²) in [6.07, 6.45) is 4.82. The number of aryl methyl sites for hydroxylation is 3. The molecule has 3 aromatic rings. The van der Waals surface area contributed by atoms with Crippen molar-refractivity contribution in [3.05, 3.63) is 82.4 Å². The highest BCUT2D eigenvalue weighted by Gasteiger charge is 2.13. The molecule has 2 aromatic heterocycles. The molecule has 0 unspecified atom stereocenters. The third-order valence-corrected chi connectivity index (χ3v) is 4.82. The van der Waals surface area contributed by atoms with Crippen LogP contribution in [0, 0.1) is 27.7 Å². The van der Waals surface area contributed by atoms with E-state index >= 15 is 0 Å². The zero-order chi connectivity index (χ0) is 21.7. The van der Waals surface area contributed by atoms with Gasteiger partial charge in [0.25, 0.3) is 0 Å². The maximum Gasteiger partial charge on any atom is 0.329 e. The van der Waals surface area contributed by atoms with Crippen molar-refractivity contribution < 1.29 is 9.59 Å². The van der Waals surface area contributed by atoms with Gasteiger partial charge in [-0.2, -0.15) is 5.10 Å². The Hall–Kier alpha value is -3.74. The summed E-state index contributed by atoms with van der Waals surface area (Å²) in [5.74, 6) is -1.57. The zero-order valence-corrected chi connectivity index (χ0v) is 17.6. The van der Waals surface area contributed by atoms with Crippen molar-refractivity contribution in [2.24, 2.45) is 5.10 Å². The summed E-state index contributed by atoms with van der Waals surface area (Å²) in [6, 6.07) is 11.9. The normalized spacial score (nSPS) is 10.9. The van der Waals surface area contributed by atoms with Gasteiger partial charge < -0.3 is 9.88 Å². The molecule has 0 aliphatic heterocycles. The lowest BCUT2D eigenvalue weighted by Gasteiger charge is -2.13. The van der Waals surface area contributed by atoms with Crippen LogP contribution in [0.2, 0.25) is 0 Å². The molecule has 0 saturated carbocycles. The Morgan fingerprint density at radius 2 is 1.90 bits per heavy atom. The van der Waals surface area contributed by atoms with E-state index in [2.05, 4.69) is 57.4 Å². The average Bonchev–Trinajstić information content (AvgIpc) is 3.00. The average molecular weight is 403 g/mol. The fraction of sp³-hybridized carbons (Fsp3) is 0.217. The molecule has 0 aliphatic carbocycles. The highest BCUT2D eigenvalue weighted by molar-refractivity contribution is 6.35. The number of nitrogens with zero attached hydrogens (tertiary/aromatic N) is 3. The van der Waals surface area contributed by atoms with E-state index in [0.717, 1.165) is 28.2 Å². The lowest BCUT2D eigenvalue weighted by atomic mass is 10.1. The molecule has 0 bridgehead atoms. The number of aromatic nitrogens is 2. The van der Waals surface area contributed by atoms with E-state index in [1.54, 1.807) is 24.7 Å². The Kier molecular flexibility index (Phi) is 6.41. The number of hydrogen-bond donors (Lipinski definition) is 2. The second-order valence-corrected chi connectivity index (χ2v) is 7.19. The topological polar surface area (TPSA) is 88.4 Å². The van der Waals surface area contributed by atoms with Gasteiger partial charge in [0.1, 0.15) is 0 Å². The third kappa shape index (κ3) is 4.81. The number of amides is 2. The molecule has 1 aromatic carbocycles. The van der Waals surface area contributed by atoms with Crippen molar-refractivity contribution >= 4 is 18.0 Å². The van der Waals surface area contributed by atoms with E-state index in [4.69, 9.17) is 0 Å². The number of hydrazone groups is 1. The number of carbonyl (C=O) groups excluding carboxylic acids is 2. The van der Waals surface area contributed by atoms with E-state index < -0.39 is 11.8 Å². The van der Waals surface area contributed by atoms with Gasteiger partial charge in [-0.25, -0.2) is 5.43 Å². The summed E-state index contributed by atoms with van der Waals surface area (Å²) < 4.78 is 2.15. The fourth-order valence-electron chi connectivity index (χ4n) is 3.32. The molecule has 154 valence electrons. The molecule has 7 nitrogen and oxygen atoms in total. The molecule has 0 saturated heterocycles. The van der Waals surface area contributed by atoms with Crippen LogP contribution in [0.3, 0.4) is 0 Å². The molecular weight excluding hydrogens is 378 g/mol. The van der Waals surface area contributed by atoms with Gasteiger partial charge in [0.05, 0.1) is 6.21 Å². The van der Waals surface area contributed by atoms with Crippen molar-refractivity contribution in [2.45, 2.75) is 34.2 Å². The van der Waals surface area contributed by atoms with Crippen LogP contribution in [-0.4, -0.2) is 27.6 Å². The highest BCUT2D eigenvalue weighted by atomic mass is 16.2. The van der Waals surface area contributed by atoms with Crippen LogP contribution in [-0.2, 0) is 16.1 Å². The Morgan fingerprint density at radius 3 is 2.60 bits per heavy atom. The molecule has 7 heteroatoms. The number of benzene rings is 1. The van der Waals surface area contributed by atoms with Crippen LogP contribution in [0.25, 0.3) is 5.69 Å². The molecular formula is C23H25N5O2. The van der Waals surface area contributed by atoms with Gasteiger partial charge in [0.15, 0.2) is 0 Å². The van der Waals surface area contributed by atoms with Crippen LogP contribution in [0.5, 0.6) is 0 Å². The minimum Gasteiger partial charge on any atom is -0.344 e. The molecule has 0 spiro atoms.